The molecule has 4 aliphatic heterocycles. The molecular formula is C37H47F3N8O4. The number of H-pyrrole nitrogens is 1. The smallest absolute Gasteiger partial charge is 0.351 e. The van der Waals surface area contributed by atoms with Gasteiger partial charge in [-0.15, -0.1) is 5.06 Å². The summed E-state index contributed by atoms with van der Waals surface area (Å²) in [5.41, 5.74) is 1.14. The fourth-order valence-electron chi connectivity index (χ4n) is 8.48. The van der Waals surface area contributed by atoms with E-state index in [1.54, 1.807) is 11.0 Å². The summed E-state index contributed by atoms with van der Waals surface area (Å²) in [5, 5.41) is 13.7. The number of benzene rings is 2. The fraction of sp³-hybridized carbons (Fsp3) is 0.568. The molecule has 52 heavy (non-hydrogen) atoms. The molecule has 15 heteroatoms. The predicted octanol–water partition coefficient (Wildman–Crippen LogP) is 5.27. The molecule has 1 atom stereocenters. The Morgan fingerprint density at radius 1 is 0.962 bits per heavy atom. The molecule has 7 rings (SSSR count). The summed E-state index contributed by atoms with van der Waals surface area (Å²) in [4.78, 5) is 52.1. The summed E-state index contributed by atoms with van der Waals surface area (Å²) in [6.07, 6.45) is 1.55. The molecule has 1 unspecified atom stereocenters. The van der Waals surface area contributed by atoms with E-state index in [2.05, 4.69) is 32.8 Å². The normalized spacial score (nSPS) is 21.0. The molecule has 4 amide bonds. The van der Waals surface area contributed by atoms with Gasteiger partial charge in [-0.1, -0.05) is 18.2 Å². The van der Waals surface area contributed by atoms with Crippen LogP contribution in [0.1, 0.15) is 55.2 Å². The minimum atomic E-state index is -4.65. The minimum Gasteiger partial charge on any atom is -0.351 e. The third-order valence-electron chi connectivity index (χ3n) is 11.4. The molecule has 3 fully saturated rings. The van der Waals surface area contributed by atoms with Crippen LogP contribution >= 0.6 is 0 Å². The summed E-state index contributed by atoms with van der Waals surface area (Å²) in [5.74, 6) is 0.797. The number of urea groups is 1. The average molecular weight is 725 g/mol. The standard InChI is InChI=1S/C37H47F3N8O4/c1-45-13-6-25(7-14-45)26-8-15-46(16-9-26)34(49)32(22-24-20-28-23-41-44-33(28)30(21-24)37(38,39)40)43-36(51)52-47-17-11-29(12-18-47)48-19-10-27-4-2-3-5-31(27)42-35(48)50/h2-5,20-21,23,25-26,29,32H,6-19,22H2,1H3,(H,41,44)(H,42,50)(H,43,51). The lowest BCUT2D eigenvalue weighted by Crippen LogP contribution is -2.54. The van der Waals surface area contributed by atoms with E-state index >= 15 is 0 Å². The van der Waals surface area contributed by atoms with Crippen LogP contribution in [0.15, 0.2) is 42.6 Å². The zero-order valence-electron chi connectivity index (χ0n) is 29.5. The monoisotopic (exact) mass is 724 g/mol. The van der Waals surface area contributed by atoms with Gasteiger partial charge in [0.25, 0.3) is 0 Å². The van der Waals surface area contributed by atoms with E-state index in [9.17, 15) is 27.6 Å². The fourth-order valence-corrected chi connectivity index (χ4v) is 8.48. The molecular weight excluding hydrogens is 677 g/mol. The Balaban J connectivity index is 0.999. The Hall–Kier alpha value is -4.37. The molecule has 4 aliphatic rings. The van der Waals surface area contributed by atoms with Crippen molar-refractivity contribution in [2.45, 2.75) is 69.6 Å². The number of aromatic nitrogens is 2. The maximum atomic E-state index is 14.1. The van der Waals surface area contributed by atoms with Crippen LogP contribution in [0.4, 0.5) is 28.4 Å². The number of alkyl halides is 3. The number of fused-ring (bicyclic) bond motifs is 2. The van der Waals surface area contributed by atoms with Crippen molar-refractivity contribution in [3.8, 4) is 0 Å². The zero-order valence-corrected chi connectivity index (χ0v) is 29.5. The first kappa shape index (κ1) is 36.0. The SMILES string of the molecule is CN1CCC(C2CCN(C(=O)C(Cc3cc(C(F)(F)F)c4[nH]ncc4c3)NC(=O)ON3CCC(N4CCc5ccccc5NC4=O)CC3)CC2)CC1. The Morgan fingerprint density at radius 2 is 1.65 bits per heavy atom. The molecule has 0 aliphatic carbocycles. The molecule has 3 aromatic rings. The van der Waals surface area contributed by atoms with E-state index in [4.69, 9.17) is 4.84 Å². The van der Waals surface area contributed by atoms with Crippen molar-refractivity contribution in [1.29, 1.82) is 0 Å². The van der Waals surface area contributed by atoms with E-state index in [-0.39, 0.29) is 40.9 Å². The number of hydroxylamine groups is 2. The number of anilines is 1. The average Bonchev–Trinajstić information content (AvgIpc) is 3.53. The van der Waals surface area contributed by atoms with Gasteiger partial charge in [0.1, 0.15) is 6.04 Å². The van der Waals surface area contributed by atoms with E-state index < -0.39 is 23.9 Å². The van der Waals surface area contributed by atoms with Crippen LogP contribution in [0, 0.1) is 11.8 Å². The van der Waals surface area contributed by atoms with Crippen LogP contribution in [-0.4, -0.2) is 113 Å². The molecule has 12 nitrogen and oxygen atoms in total. The lowest BCUT2D eigenvalue weighted by molar-refractivity contribution is -0.137. The number of carbonyl (C=O) groups is 3. The Morgan fingerprint density at radius 3 is 2.37 bits per heavy atom. The first-order chi connectivity index (χ1) is 25.0. The van der Waals surface area contributed by atoms with Crippen molar-refractivity contribution in [3.63, 3.8) is 0 Å². The maximum Gasteiger partial charge on any atom is 0.426 e. The number of piperidine rings is 3. The third kappa shape index (κ3) is 8.15. The number of hydrogen-bond acceptors (Lipinski definition) is 7. The van der Waals surface area contributed by atoms with Gasteiger partial charge in [-0.25, -0.2) is 9.59 Å². The van der Waals surface area contributed by atoms with Crippen molar-refractivity contribution in [2.75, 3.05) is 58.2 Å². The molecule has 0 bridgehead atoms. The van der Waals surface area contributed by atoms with E-state index in [1.165, 1.54) is 11.3 Å². The van der Waals surface area contributed by atoms with Crippen molar-refractivity contribution >= 4 is 34.6 Å². The number of hydrogen-bond donors (Lipinski definition) is 3. The van der Waals surface area contributed by atoms with E-state index in [0.717, 1.165) is 62.5 Å². The number of amides is 4. The summed E-state index contributed by atoms with van der Waals surface area (Å²) in [6.45, 7) is 4.53. The Labute approximate surface area is 300 Å². The number of aromatic amines is 1. The third-order valence-corrected chi connectivity index (χ3v) is 11.4. The lowest BCUT2D eigenvalue weighted by atomic mass is 9.79. The molecule has 1 aromatic heterocycles. The second kappa shape index (κ2) is 15.3. The highest BCUT2D eigenvalue weighted by atomic mass is 19.4. The lowest BCUT2D eigenvalue weighted by Gasteiger charge is -2.40. The van der Waals surface area contributed by atoms with Crippen molar-refractivity contribution < 1.29 is 32.4 Å². The molecule has 3 saturated heterocycles. The van der Waals surface area contributed by atoms with Crippen molar-refractivity contribution in [1.82, 2.24) is 35.3 Å². The van der Waals surface area contributed by atoms with Crippen LogP contribution < -0.4 is 10.6 Å². The van der Waals surface area contributed by atoms with Gasteiger partial charge < -0.3 is 30.2 Å². The number of rotatable bonds is 7. The van der Waals surface area contributed by atoms with Crippen LogP contribution in [0.2, 0.25) is 0 Å². The second-order valence-electron chi connectivity index (χ2n) is 14.7. The number of likely N-dealkylation sites (tertiary alicyclic amines) is 2. The molecule has 3 N–H and O–H groups in total. The first-order valence-electron chi connectivity index (χ1n) is 18.4. The second-order valence-corrected chi connectivity index (χ2v) is 14.7. The quantitative estimate of drug-likeness (QED) is 0.303. The van der Waals surface area contributed by atoms with Gasteiger partial charge in [0.05, 0.1) is 17.3 Å². The topological polar surface area (TPSA) is 126 Å². The molecule has 0 saturated carbocycles. The number of halogens is 3. The van der Waals surface area contributed by atoms with Gasteiger partial charge >= 0.3 is 18.3 Å². The molecule has 280 valence electrons. The van der Waals surface area contributed by atoms with E-state index in [0.29, 0.717) is 57.4 Å². The number of carbonyl (C=O) groups excluding carboxylic acids is 3. The molecule has 0 radical (unpaired) electrons. The first-order valence-corrected chi connectivity index (χ1v) is 18.4. The highest BCUT2D eigenvalue weighted by Crippen LogP contribution is 2.36. The van der Waals surface area contributed by atoms with Gasteiger partial charge in [-0.05, 0) is 106 Å². The Bertz CT molecular complexity index is 1740. The van der Waals surface area contributed by atoms with Crippen molar-refractivity contribution in [2.24, 2.45) is 11.8 Å². The van der Waals surface area contributed by atoms with Crippen LogP contribution in [-0.2, 0) is 28.7 Å². The summed E-state index contributed by atoms with van der Waals surface area (Å²) >= 11 is 0. The van der Waals surface area contributed by atoms with Gasteiger partial charge in [-0.2, -0.15) is 18.3 Å². The summed E-state index contributed by atoms with van der Waals surface area (Å²) < 4.78 is 42.1. The largest absolute Gasteiger partial charge is 0.426 e. The number of nitrogens with zero attached hydrogens (tertiary/aromatic N) is 5. The maximum absolute atomic E-state index is 14.1. The van der Waals surface area contributed by atoms with Gasteiger partial charge in [0.2, 0.25) is 5.91 Å². The minimum absolute atomic E-state index is 0.0373. The van der Waals surface area contributed by atoms with Gasteiger partial charge in [-0.3, -0.25) is 9.89 Å². The highest BCUT2D eigenvalue weighted by molar-refractivity contribution is 5.91. The molecule has 0 spiro atoms. The number of para-hydroxylation sites is 1. The number of nitrogens with one attached hydrogen (secondary N) is 3. The zero-order chi connectivity index (χ0) is 36.4. The molecule has 5 heterocycles. The van der Waals surface area contributed by atoms with Crippen molar-refractivity contribution in [3.05, 3.63) is 59.3 Å². The molecule has 2 aromatic carbocycles. The van der Waals surface area contributed by atoms with Crippen LogP contribution in [0.25, 0.3) is 10.9 Å². The van der Waals surface area contributed by atoms with E-state index in [1.807, 2.05) is 29.2 Å². The van der Waals surface area contributed by atoms with Crippen LogP contribution in [0.3, 0.4) is 0 Å². The summed E-state index contributed by atoms with van der Waals surface area (Å²) in [7, 11) is 2.13. The van der Waals surface area contributed by atoms with Gasteiger partial charge in [0.15, 0.2) is 0 Å². The Kier molecular flexibility index (Phi) is 10.6. The van der Waals surface area contributed by atoms with Gasteiger partial charge in [0, 0.05) is 56.3 Å². The predicted molar refractivity (Wildman–Crippen MR) is 188 cm³/mol. The summed E-state index contributed by atoms with van der Waals surface area (Å²) in [6, 6.07) is 9.01. The highest BCUT2D eigenvalue weighted by Gasteiger charge is 2.37. The van der Waals surface area contributed by atoms with Crippen LogP contribution in [0.5, 0.6) is 0 Å².